The zero-order valence-electron chi connectivity index (χ0n) is 18.7. The van der Waals surface area contributed by atoms with Crippen molar-refractivity contribution in [1.29, 1.82) is 0 Å². The summed E-state index contributed by atoms with van der Waals surface area (Å²) >= 11 is 3.44. The molecule has 0 unspecified atom stereocenters. The molecule has 1 N–H and O–H groups in total. The van der Waals surface area contributed by atoms with Crippen molar-refractivity contribution in [2.45, 2.75) is 58.7 Å². The number of carbonyl (C=O) groups is 4. The molecule has 1 aliphatic heterocycles. The number of likely N-dealkylation sites (tertiary alicyclic amines) is 1. The molecule has 1 aromatic carbocycles. The number of hydrogen-bond acceptors (Lipinski definition) is 4. The fourth-order valence-electron chi connectivity index (χ4n) is 4.26. The van der Waals surface area contributed by atoms with Crippen LogP contribution in [0, 0.1) is 11.8 Å². The number of rotatable bonds is 8. The van der Waals surface area contributed by atoms with Crippen LogP contribution in [0.5, 0.6) is 0 Å². The van der Waals surface area contributed by atoms with Crippen molar-refractivity contribution in [1.82, 2.24) is 15.1 Å². The van der Waals surface area contributed by atoms with Gasteiger partial charge in [0.25, 0.3) is 0 Å². The van der Waals surface area contributed by atoms with E-state index in [0.717, 1.165) is 10.0 Å². The number of allylic oxidation sites excluding steroid dienone is 2. The van der Waals surface area contributed by atoms with Crippen LogP contribution >= 0.6 is 15.9 Å². The van der Waals surface area contributed by atoms with E-state index < -0.39 is 6.04 Å². The van der Waals surface area contributed by atoms with Crippen LogP contribution in [0.2, 0.25) is 0 Å². The molecule has 32 heavy (non-hydrogen) atoms. The Kier molecular flexibility index (Phi) is 7.87. The van der Waals surface area contributed by atoms with Gasteiger partial charge in [0.2, 0.25) is 23.6 Å². The van der Waals surface area contributed by atoms with Crippen LogP contribution < -0.4 is 5.32 Å². The topological polar surface area (TPSA) is 86.8 Å². The van der Waals surface area contributed by atoms with E-state index in [9.17, 15) is 19.2 Å². The minimum Gasteiger partial charge on any atom is -0.352 e. The van der Waals surface area contributed by atoms with E-state index in [-0.39, 0.29) is 61.0 Å². The third-order valence-electron chi connectivity index (χ3n) is 5.99. The van der Waals surface area contributed by atoms with Gasteiger partial charge >= 0.3 is 0 Å². The summed E-state index contributed by atoms with van der Waals surface area (Å²) < 4.78 is 0.881. The van der Waals surface area contributed by atoms with Crippen LogP contribution in [0.25, 0.3) is 0 Å². The SMILES string of the molecule is CC(C)NC(=O)[C@H](C)N(Cc1cccc(Br)c1)C(=O)CCN1C(=O)[C@H]2CC=CC[C@H]2C1=O. The zero-order valence-corrected chi connectivity index (χ0v) is 20.3. The molecule has 1 fully saturated rings. The predicted molar refractivity (Wildman–Crippen MR) is 124 cm³/mol. The van der Waals surface area contributed by atoms with Crippen molar-refractivity contribution in [3.05, 3.63) is 46.5 Å². The summed E-state index contributed by atoms with van der Waals surface area (Å²) in [5.74, 6) is -1.52. The summed E-state index contributed by atoms with van der Waals surface area (Å²) in [7, 11) is 0. The quantitative estimate of drug-likeness (QED) is 0.436. The Morgan fingerprint density at radius 3 is 2.31 bits per heavy atom. The molecule has 0 bridgehead atoms. The first-order valence-corrected chi connectivity index (χ1v) is 11.8. The summed E-state index contributed by atoms with van der Waals surface area (Å²) in [5, 5.41) is 2.85. The minimum atomic E-state index is -0.694. The molecule has 1 saturated heterocycles. The van der Waals surface area contributed by atoms with Gasteiger partial charge in [0, 0.05) is 30.0 Å². The first-order valence-electron chi connectivity index (χ1n) is 11.0. The van der Waals surface area contributed by atoms with Gasteiger partial charge in [-0.05, 0) is 51.3 Å². The van der Waals surface area contributed by atoms with Gasteiger partial charge in [0.15, 0.2) is 0 Å². The van der Waals surface area contributed by atoms with Gasteiger partial charge in [0.05, 0.1) is 11.8 Å². The van der Waals surface area contributed by atoms with Gasteiger partial charge < -0.3 is 10.2 Å². The van der Waals surface area contributed by atoms with E-state index >= 15 is 0 Å². The van der Waals surface area contributed by atoms with Crippen LogP contribution in [0.4, 0.5) is 0 Å². The van der Waals surface area contributed by atoms with Gasteiger partial charge in [0.1, 0.15) is 6.04 Å². The Labute approximate surface area is 197 Å². The van der Waals surface area contributed by atoms with E-state index in [0.29, 0.717) is 12.8 Å². The van der Waals surface area contributed by atoms with Gasteiger partial charge in [-0.1, -0.05) is 40.2 Å². The first kappa shape index (κ1) is 24.2. The minimum absolute atomic E-state index is 0.0162. The average Bonchev–Trinajstić information content (AvgIpc) is 2.99. The summed E-state index contributed by atoms with van der Waals surface area (Å²) in [4.78, 5) is 54.0. The lowest BCUT2D eigenvalue weighted by molar-refractivity contribution is -0.143. The molecule has 4 amide bonds. The molecule has 1 aliphatic carbocycles. The molecular weight excluding hydrogens is 474 g/mol. The van der Waals surface area contributed by atoms with E-state index in [4.69, 9.17) is 0 Å². The maximum atomic E-state index is 13.2. The molecule has 172 valence electrons. The van der Waals surface area contributed by atoms with Crippen molar-refractivity contribution in [3.63, 3.8) is 0 Å². The lowest BCUT2D eigenvalue weighted by Crippen LogP contribution is -2.49. The number of carbonyl (C=O) groups excluding carboxylic acids is 4. The molecule has 0 aromatic heterocycles. The van der Waals surface area contributed by atoms with Crippen molar-refractivity contribution in [2.75, 3.05) is 6.54 Å². The largest absolute Gasteiger partial charge is 0.352 e. The summed E-state index contributed by atoms with van der Waals surface area (Å²) in [6.45, 7) is 5.72. The second-order valence-electron chi connectivity index (χ2n) is 8.72. The lowest BCUT2D eigenvalue weighted by atomic mass is 9.85. The Morgan fingerprint density at radius 2 is 1.75 bits per heavy atom. The molecule has 1 aromatic rings. The summed E-state index contributed by atoms with van der Waals surface area (Å²) in [5.41, 5.74) is 0.877. The Morgan fingerprint density at radius 1 is 1.12 bits per heavy atom. The highest BCUT2D eigenvalue weighted by molar-refractivity contribution is 9.10. The smallest absolute Gasteiger partial charge is 0.242 e. The predicted octanol–water partition coefficient (Wildman–Crippen LogP) is 3.03. The fourth-order valence-corrected chi connectivity index (χ4v) is 4.71. The molecule has 0 radical (unpaired) electrons. The van der Waals surface area contributed by atoms with Crippen molar-refractivity contribution in [3.8, 4) is 0 Å². The molecule has 0 spiro atoms. The average molecular weight is 504 g/mol. The normalized spacial score (nSPS) is 21.0. The number of imide groups is 1. The second-order valence-corrected chi connectivity index (χ2v) is 9.64. The molecule has 3 atom stereocenters. The third-order valence-corrected chi connectivity index (χ3v) is 6.48. The highest BCUT2D eigenvalue weighted by Gasteiger charge is 2.47. The number of nitrogens with one attached hydrogen (secondary N) is 1. The fraction of sp³-hybridized carbons (Fsp3) is 0.500. The van der Waals surface area contributed by atoms with Gasteiger partial charge in [-0.25, -0.2) is 0 Å². The van der Waals surface area contributed by atoms with Crippen molar-refractivity contribution in [2.24, 2.45) is 11.8 Å². The van der Waals surface area contributed by atoms with Crippen LogP contribution in [0.3, 0.4) is 0 Å². The number of fused-ring (bicyclic) bond motifs is 1. The Bertz CT molecular complexity index is 904. The van der Waals surface area contributed by atoms with Gasteiger partial charge in [-0.2, -0.15) is 0 Å². The van der Waals surface area contributed by atoms with Crippen LogP contribution in [-0.2, 0) is 25.7 Å². The molecule has 0 saturated carbocycles. The molecule has 7 nitrogen and oxygen atoms in total. The second kappa shape index (κ2) is 10.4. The zero-order chi connectivity index (χ0) is 23.4. The van der Waals surface area contributed by atoms with E-state index in [1.807, 2.05) is 50.3 Å². The number of hydrogen-bond donors (Lipinski definition) is 1. The van der Waals surface area contributed by atoms with E-state index in [1.54, 1.807) is 6.92 Å². The Hall–Kier alpha value is -2.48. The molecule has 8 heteroatoms. The van der Waals surface area contributed by atoms with Gasteiger partial charge in [-0.15, -0.1) is 0 Å². The monoisotopic (exact) mass is 503 g/mol. The van der Waals surface area contributed by atoms with Crippen LogP contribution in [-0.4, -0.2) is 52.1 Å². The number of halogens is 1. The summed E-state index contributed by atoms with van der Waals surface area (Å²) in [6.07, 6.45) is 5.01. The number of benzene rings is 1. The highest BCUT2D eigenvalue weighted by Crippen LogP contribution is 2.35. The van der Waals surface area contributed by atoms with Crippen molar-refractivity contribution >= 4 is 39.6 Å². The van der Waals surface area contributed by atoms with Crippen LogP contribution in [0.1, 0.15) is 45.6 Å². The Balaban J connectivity index is 1.72. The maximum Gasteiger partial charge on any atom is 0.242 e. The summed E-state index contributed by atoms with van der Waals surface area (Å²) in [6, 6.07) is 6.81. The molecule has 3 rings (SSSR count). The maximum absolute atomic E-state index is 13.2. The lowest BCUT2D eigenvalue weighted by Gasteiger charge is -2.30. The number of nitrogens with zero attached hydrogens (tertiary/aromatic N) is 2. The number of amides is 4. The molecule has 1 heterocycles. The highest BCUT2D eigenvalue weighted by atomic mass is 79.9. The van der Waals surface area contributed by atoms with Gasteiger partial charge in [-0.3, -0.25) is 24.1 Å². The van der Waals surface area contributed by atoms with E-state index in [2.05, 4.69) is 21.2 Å². The van der Waals surface area contributed by atoms with E-state index in [1.165, 1.54) is 9.80 Å². The molecular formula is C24H30BrN3O4. The third kappa shape index (κ3) is 5.46. The first-order chi connectivity index (χ1) is 15.2. The standard InChI is InChI=1S/C24H30BrN3O4/c1-15(2)26-22(30)16(3)28(14-17-7-6-8-18(25)13-17)21(29)11-12-27-23(31)19-9-4-5-10-20(19)24(27)32/h4-8,13,15-16,19-20H,9-12,14H2,1-3H3,(H,26,30)/t16-,19-,20+/m0/s1. The van der Waals surface area contributed by atoms with Crippen LogP contribution in [0.15, 0.2) is 40.9 Å². The van der Waals surface area contributed by atoms with Crippen molar-refractivity contribution < 1.29 is 19.2 Å². The molecule has 2 aliphatic rings.